The van der Waals surface area contributed by atoms with Gasteiger partial charge in [0, 0.05) is 12.5 Å². The van der Waals surface area contributed by atoms with Gasteiger partial charge in [-0.2, -0.15) is 0 Å². The number of fused-ring (bicyclic) bond motifs is 3. The number of amides is 2. The Morgan fingerprint density at radius 3 is 2.35 bits per heavy atom. The molecular formula is C26H28N2O6. The van der Waals surface area contributed by atoms with Gasteiger partial charge in [0.25, 0.3) is 0 Å². The lowest BCUT2D eigenvalue weighted by molar-refractivity contribution is -0.139. The van der Waals surface area contributed by atoms with Gasteiger partial charge in [0.05, 0.1) is 30.6 Å². The number of carboxylic acid groups (broad SMARTS) is 1. The number of benzene rings is 2. The molecule has 0 aromatic heterocycles. The number of ether oxygens (including phenoxy) is 2. The highest BCUT2D eigenvalue weighted by Crippen LogP contribution is 2.44. The molecule has 1 aliphatic heterocycles. The number of carbonyl (C=O) groups is 3. The average Bonchev–Trinajstić information content (AvgIpc) is 3.44. The van der Waals surface area contributed by atoms with Crippen molar-refractivity contribution in [1.82, 2.24) is 10.6 Å². The molecule has 34 heavy (non-hydrogen) atoms. The molecule has 1 heterocycles. The van der Waals surface area contributed by atoms with Crippen LogP contribution < -0.4 is 10.6 Å². The largest absolute Gasteiger partial charge is 0.481 e. The van der Waals surface area contributed by atoms with E-state index in [-0.39, 0.29) is 43.5 Å². The third kappa shape index (κ3) is 4.03. The Morgan fingerprint density at radius 1 is 1.09 bits per heavy atom. The number of nitrogens with one attached hydrogen (secondary N) is 2. The van der Waals surface area contributed by atoms with Crippen LogP contribution in [0.4, 0.5) is 4.79 Å². The number of carboxylic acids is 1. The molecule has 5 rings (SSSR count). The van der Waals surface area contributed by atoms with Crippen molar-refractivity contribution in [3.05, 3.63) is 59.7 Å². The van der Waals surface area contributed by atoms with Crippen LogP contribution in [0.2, 0.25) is 0 Å². The van der Waals surface area contributed by atoms with E-state index < -0.39 is 23.5 Å². The Labute approximate surface area is 197 Å². The Balaban J connectivity index is 1.18. The highest BCUT2D eigenvalue weighted by Gasteiger charge is 2.49. The molecule has 3 aliphatic rings. The minimum Gasteiger partial charge on any atom is -0.481 e. The van der Waals surface area contributed by atoms with Crippen LogP contribution in [0.1, 0.15) is 30.4 Å². The Kier molecular flexibility index (Phi) is 5.77. The van der Waals surface area contributed by atoms with Crippen LogP contribution in [0.15, 0.2) is 48.5 Å². The van der Waals surface area contributed by atoms with E-state index in [9.17, 15) is 14.4 Å². The lowest BCUT2D eigenvalue weighted by Gasteiger charge is -2.28. The summed E-state index contributed by atoms with van der Waals surface area (Å²) < 4.78 is 11.1. The molecule has 8 nitrogen and oxygen atoms in total. The van der Waals surface area contributed by atoms with E-state index in [0.29, 0.717) is 13.0 Å². The second kappa shape index (κ2) is 8.76. The van der Waals surface area contributed by atoms with Gasteiger partial charge in [0.2, 0.25) is 5.91 Å². The first-order valence-electron chi connectivity index (χ1n) is 11.6. The summed E-state index contributed by atoms with van der Waals surface area (Å²) in [7, 11) is 0. The van der Waals surface area contributed by atoms with Crippen LogP contribution in [-0.4, -0.2) is 55.5 Å². The van der Waals surface area contributed by atoms with Gasteiger partial charge >= 0.3 is 12.1 Å². The number of aliphatic carboxylic acids is 1. The summed E-state index contributed by atoms with van der Waals surface area (Å²) in [6, 6.07) is 15.7. The highest BCUT2D eigenvalue weighted by molar-refractivity contribution is 5.85. The summed E-state index contributed by atoms with van der Waals surface area (Å²) >= 11 is 0. The first-order valence-corrected chi connectivity index (χ1v) is 11.6. The monoisotopic (exact) mass is 464 g/mol. The van der Waals surface area contributed by atoms with Gasteiger partial charge in [-0.1, -0.05) is 48.5 Å². The predicted octanol–water partition coefficient (Wildman–Crippen LogP) is 2.77. The highest BCUT2D eigenvalue weighted by atomic mass is 16.5. The van der Waals surface area contributed by atoms with Crippen LogP contribution in [0.25, 0.3) is 11.1 Å². The van der Waals surface area contributed by atoms with Gasteiger partial charge in [0.1, 0.15) is 6.61 Å². The van der Waals surface area contributed by atoms with Gasteiger partial charge in [-0.3, -0.25) is 9.59 Å². The standard InChI is InChI=1S/C26H28N2O6/c1-26(24(31)27-11-15-10-20(15)23(29)30)14-33-13-22(26)28-25(32)34-12-21-18-8-4-2-6-16(18)17-7-3-5-9-19(17)21/h2-9,15,20-22H,10-14H2,1H3,(H,27,31)(H,28,32)(H,29,30)/t15-,20-,22?,26?/m1/s1. The Bertz CT molecular complexity index is 1090. The van der Waals surface area contributed by atoms with Crippen molar-refractivity contribution in [3.8, 4) is 11.1 Å². The van der Waals surface area contributed by atoms with Crippen LogP contribution in [0.3, 0.4) is 0 Å². The van der Waals surface area contributed by atoms with Crippen molar-refractivity contribution >= 4 is 18.0 Å². The van der Waals surface area contributed by atoms with Crippen LogP contribution in [-0.2, 0) is 19.1 Å². The molecule has 3 N–H and O–H groups in total. The zero-order chi connectivity index (χ0) is 23.9. The molecule has 1 saturated heterocycles. The van der Waals surface area contributed by atoms with Crippen molar-refractivity contribution in [2.24, 2.45) is 17.3 Å². The van der Waals surface area contributed by atoms with Crippen molar-refractivity contribution in [3.63, 3.8) is 0 Å². The molecule has 0 radical (unpaired) electrons. The maximum atomic E-state index is 12.9. The molecule has 1 saturated carbocycles. The topological polar surface area (TPSA) is 114 Å². The average molecular weight is 465 g/mol. The van der Waals surface area contributed by atoms with E-state index in [2.05, 4.69) is 34.9 Å². The molecule has 0 bridgehead atoms. The summed E-state index contributed by atoms with van der Waals surface area (Å²) in [6.45, 7) is 2.61. The summed E-state index contributed by atoms with van der Waals surface area (Å²) in [5, 5.41) is 14.7. The number of hydrogen-bond donors (Lipinski definition) is 3. The van der Waals surface area contributed by atoms with E-state index in [1.165, 1.54) is 0 Å². The first-order chi connectivity index (χ1) is 16.4. The Hall–Kier alpha value is -3.39. The zero-order valence-electron chi connectivity index (χ0n) is 19.0. The van der Waals surface area contributed by atoms with E-state index in [1.54, 1.807) is 6.92 Å². The summed E-state index contributed by atoms with van der Waals surface area (Å²) in [5.74, 6) is -1.56. The fraction of sp³-hybridized carbons (Fsp3) is 0.423. The molecule has 178 valence electrons. The molecule has 2 amide bonds. The minimum atomic E-state index is -0.959. The molecule has 2 aromatic rings. The molecular weight excluding hydrogens is 436 g/mol. The number of hydrogen-bond acceptors (Lipinski definition) is 5. The van der Waals surface area contributed by atoms with Crippen molar-refractivity contribution in [1.29, 1.82) is 0 Å². The molecule has 2 aromatic carbocycles. The molecule has 4 atom stereocenters. The van der Waals surface area contributed by atoms with Crippen LogP contribution in [0.5, 0.6) is 0 Å². The number of alkyl carbamates (subject to hydrolysis) is 1. The van der Waals surface area contributed by atoms with Gasteiger partial charge in [0.15, 0.2) is 0 Å². The molecule has 2 unspecified atom stereocenters. The number of rotatable bonds is 7. The van der Waals surface area contributed by atoms with Crippen LogP contribution >= 0.6 is 0 Å². The molecule has 0 spiro atoms. The van der Waals surface area contributed by atoms with E-state index >= 15 is 0 Å². The van der Waals surface area contributed by atoms with Crippen molar-refractivity contribution in [2.45, 2.75) is 25.3 Å². The smallest absolute Gasteiger partial charge is 0.407 e. The SMILES string of the molecule is CC1(C(=O)NC[C@H]2C[C@H]2C(=O)O)COCC1NC(=O)OCC1c2ccccc2-c2ccccc21. The van der Waals surface area contributed by atoms with Crippen molar-refractivity contribution in [2.75, 3.05) is 26.4 Å². The van der Waals surface area contributed by atoms with Crippen LogP contribution in [0, 0.1) is 17.3 Å². The van der Waals surface area contributed by atoms with Crippen molar-refractivity contribution < 1.29 is 29.0 Å². The lowest BCUT2D eigenvalue weighted by atomic mass is 9.84. The predicted molar refractivity (Wildman–Crippen MR) is 123 cm³/mol. The molecule has 8 heteroatoms. The van der Waals surface area contributed by atoms with E-state index in [0.717, 1.165) is 22.3 Å². The van der Waals surface area contributed by atoms with Gasteiger partial charge in [-0.15, -0.1) is 0 Å². The van der Waals surface area contributed by atoms with E-state index in [1.807, 2.05) is 24.3 Å². The maximum Gasteiger partial charge on any atom is 0.407 e. The van der Waals surface area contributed by atoms with E-state index in [4.69, 9.17) is 14.6 Å². The fourth-order valence-corrected chi connectivity index (χ4v) is 5.08. The maximum absolute atomic E-state index is 12.9. The fourth-order valence-electron chi connectivity index (χ4n) is 5.08. The third-order valence-corrected chi connectivity index (χ3v) is 7.37. The zero-order valence-corrected chi connectivity index (χ0v) is 19.0. The third-order valence-electron chi connectivity index (χ3n) is 7.37. The Morgan fingerprint density at radius 2 is 1.74 bits per heavy atom. The normalized spacial score (nSPS) is 26.9. The molecule has 2 fully saturated rings. The summed E-state index contributed by atoms with van der Waals surface area (Å²) in [4.78, 5) is 36.6. The molecule has 2 aliphatic carbocycles. The quantitative estimate of drug-likeness (QED) is 0.581. The number of carbonyl (C=O) groups excluding carboxylic acids is 2. The van der Waals surface area contributed by atoms with Gasteiger partial charge < -0.3 is 25.2 Å². The summed E-state index contributed by atoms with van der Waals surface area (Å²) in [5.41, 5.74) is 3.61. The minimum absolute atomic E-state index is 0.0408. The van der Waals surface area contributed by atoms with Gasteiger partial charge in [-0.25, -0.2) is 4.79 Å². The second-order valence-corrected chi connectivity index (χ2v) is 9.61. The lowest BCUT2D eigenvalue weighted by Crippen LogP contribution is -2.54. The second-order valence-electron chi connectivity index (χ2n) is 9.61. The first kappa shape index (κ1) is 22.4. The summed E-state index contributed by atoms with van der Waals surface area (Å²) in [6.07, 6.45) is -0.0194. The van der Waals surface area contributed by atoms with Gasteiger partial charge in [-0.05, 0) is 41.5 Å².